The number of hydrogen-bond donors (Lipinski definition) is 1. The Labute approximate surface area is 112 Å². The molecule has 1 N–H and O–H groups in total. The topological polar surface area (TPSA) is 53.4 Å². The van der Waals surface area contributed by atoms with Crippen molar-refractivity contribution in [1.82, 2.24) is 4.98 Å². The lowest BCUT2D eigenvalue weighted by molar-refractivity contribution is 0.0697. The van der Waals surface area contributed by atoms with Crippen molar-refractivity contribution in [2.75, 3.05) is 11.9 Å². The number of benzene rings is 1. The second-order valence-corrected chi connectivity index (χ2v) is 4.48. The highest BCUT2D eigenvalue weighted by Gasteiger charge is 2.07. The van der Waals surface area contributed by atoms with Gasteiger partial charge >= 0.3 is 5.97 Å². The molecule has 0 atom stereocenters. The van der Waals surface area contributed by atoms with Crippen molar-refractivity contribution in [3.63, 3.8) is 0 Å². The fourth-order valence-corrected chi connectivity index (χ4v) is 1.90. The van der Waals surface area contributed by atoms with Crippen LogP contribution in [0.15, 0.2) is 42.5 Å². The minimum absolute atomic E-state index is 0.293. The maximum absolute atomic E-state index is 10.9. The minimum Gasteiger partial charge on any atom is -0.478 e. The lowest BCUT2D eigenvalue weighted by Crippen LogP contribution is -2.17. The van der Waals surface area contributed by atoms with Crippen LogP contribution in [0, 0.1) is 6.92 Å². The normalized spacial score (nSPS) is 10.2. The van der Waals surface area contributed by atoms with Gasteiger partial charge in [-0.25, -0.2) is 4.79 Å². The highest BCUT2D eigenvalue weighted by Crippen LogP contribution is 2.17. The summed E-state index contributed by atoms with van der Waals surface area (Å²) in [4.78, 5) is 17.4. The average Bonchev–Trinajstić information content (AvgIpc) is 2.39. The van der Waals surface area contributed by atoms with Gasteiger partial charge in [0.05, 0.1) is 17.8 Å². The molecule has 0 unspecified atom stereocenters. The predicted octanol–water partition coefficient (Wildman–Crippen LogP) is 2.72. The summed E-state index contributed by atoms with van der Waals surface area (Å²) in [5.41, 5.74) is 3.10. The van der Waals surface area contributed by atoms with Gasteiger partial charge < -0.3 is 10.0 Å². The molecule has 1 aromatic heterocycles. The number of hydrogen-bond acceptors (Lipinski definition) is 3. The molecule has 0 spiro atoms. The first-order valence-electron chi connectivity index (χ1n) is 6.03. The molecule has 98 valence electrons. The smallest absolute Gasteiger partial charge is 0.335 e. The maximum atomic E-state index is 10.9. The Kier molecular flexibility index (Phi) is 3.80. The van der Waals surface area contributed by atoms with Crippen LogP contribution in [-0.4, -0.2) is 23.1 Å². The molecule has 4 heteroatoms. The molecular weight excluding hydrogens is 240 g/mol. The molecule has 0 bridgehead atoms. The molecule has 0 aliphatic rings. The summed E-state index contributed by atoms with van der Waals surface area (Å²) in [5.74, 6) is -0.913. The van der Waals surface area contributed by atoms with E-state index in [2.05, 4.69) is 4.98 Å². The van der Waals surface area contributed by atoms with Crippen LogP contribution >= 0.6 is 0 Å². The second-order valence-electron chi connectivity index (χ2n) is 4.48. The van der Waals surface area contributed by atoms with E-state index >= 15 is 0 Å². The number of aryl methyl sites for hydroxylation is 1. The van der Waals surface area contributed by atoms with E-state index in [9.17, 15) is 4.79 Å². The number of nitrogens with zero attached hydrogens (tertiary/aromatic N) is 2. The summed E-state index contributed by atoms with van der Waals surface area (Å²) in [6, 6.07) is 12.8. The average molecular weight is 256 g/mol. The van der Waals surface area contributed by atoms with Crippen LogP contribution in [0.2, 0.25) is 0 Å². The monoisotopic (exact) mass is 256 g/mol. The Morgan fingerprint density at radius 2 is 2.00 bits per heavy atom. The van der Waals surface area contributed by atoms with Crippen LogP contribution in [0.25, 0.3) is 0 Å². The van der Waals surface area contributed by atoms with Gasteiger partial charge in [0.15, 0.2) is 0 Å². The van der Waals surface area contributed by atoms with Gasteiger partial charge in [0.2, 0.25) is 0 Å². The van der Waals surface area contributed by atoms with Crippen LogP contribution in [0.1, 0.15) is 21.7 Å². The van der Waals surface area contributed by atoms with Gasteiger partial charge in [0.25, 0.3) is 0 Å². The first kappa shape index (κ1) is 13.1. The Hall–Kier alpha value is -2.36. The summed E-state index contributed by atoms with van der Waals surface area (Å²) in [7, 11) is 1.92. The number of anilines is 1. The summed E-state index contributed by atoms with van der Waals surface area (Å²) >= 11 is 0. The first-order chi connectivity index (χ1) is 9.06. The van der Waals surface area contributed by atoms with E-state index in [4.69, 9.17) is 5.11 Å². The minimum atomic E-state index is -0.913. The fraction of sp³-hybridized carbons (Fsp3) is 0.200. The number of carboxylic acids is 1. The van der Waals surface area contributed by atoms with E-state index in [0.717, 1.165) is 17.1 Å². The highest BCUT2D eigenvalue weighted by atomic mass is 16.4. The van der Waals surface area contributed by atoms with E-state index in [1.807, 2.05) is 43.1 Å². The van der Waals surface area contributed by atoms with E-state index in [1.54, 1.807) is 18.2 Å². The Bertz CT molecular complexity index is 596. The molecule has 0 radical (unpaired) electrons. The molecule has 0 aliphatic carbocycles. The van der Waals surface area contributed by atoms with E-state index in [-0.39, 0.29) is 0 Å². The molecule has 2 aromatic rings. The zero-order valence-corrected chi connectivity index (χ0v) is 11.0. The third-order valence-electron chi connectivity index (χ3n) is 2.88. The quantitative estimate of drug-likeness (QED) is 0.913. The van der Waals surface area contributed by atoms with E-state index in [0.29, 0.717) is 12.1 Å². The van der Waals surface area contributed by atoms with Crippen molar-refractivity contribution >= 4 is 11.7 Å². The van der Waals surface area contributed by atoms with Gasteiger partial charge in [-0.3, -0.25) is 4.98 Å². The Morgan fingerprint density at radius 3 is 2.68 bits per heavy atom. The van der Waals surface area contributed by atoms with Gasteiger partial charge in [-0.05, 0) is 37.3 Å². The van der Waals surface area contributed by atoms with Crippen molar-refractivity contribution < 1.29 is 9.90 Å². The molecule has 0 amide bonds. The third-order valence-corrected chi connectivity index (χ3v) is 2.88. The van der Waals surface area contributed by atoms with Gasteiger partial charge in [-0.1, -0.05) is 12.1 Å². The van der Waals surface area contributed by atoms with Crippen molar-refractivity contribution in [3.05, 3.63) is 59.4 Å². The van der Waals surface area contributed by atoms with Crippen LogP contribution in [0.4, 0.5) is 5.69 Å². The maximum Gasteiger partial charge on any atom is 0.335 e. The molecule has 0 fully saturated rings. The number of carboxylic acid groups (broad SMARTS) is 1. The van der Waals surface area contributed by atoms with Gasteiger partial charge in [0, 0.05) is 18.4 Å². The molecule has 1 heterocycles. The van der Waals surface area contributed by atoms with Crippen molar-refractivity contribution in [2.24, 2.45) is 0 Å². The van der Waals surface area contributed by atoms with Crippen LogP contribution in [-0.2, 0) is 6.54 Å². The van der Waals surface area contributed by atoms with Crippen molar-refractivity contribution in [2.45, 2.75) is 13.5 Å². The van der Waals surface area contributed by atoms with Crippen molar-refractivity contribution in [1.29, 1.82) is 0 Å². The predicted molar refractivity (Wildman–Crippen MR) is 74.5 cm³/mol. The lowest BCUT2D eigenvalue weighted by Gasteiger charge is -2.19. The fourth-order valence-electron chi connectivity index (χ4n) is 1.90. The summed E-state index contributed by atoms with van der Waals surface area (Å²) < 4.78 is 0. The van der Waals surface area contributed by atoms with Gasteiger partial charge in [-0.2, -0.15) is 0 Å². The number of aromatic nitrogens is 1. The van der Waals surface area contributed by atoms with Crippen LogP contribution in [0.3, 0.4) is 0 Å². The molecule has 0 saturated heterocycles. The SMILES string of the molecule is Cc1cccc(CN(C)c2cccc(C(=O)O)c2)n1. The van der Waals surface area contributed by atoms with E-state index in [1.165, 1.54) is 0 Å². The number of aromatic carboxylic acids is 1. The van der Waals surface area contributed by atoms with Crippen molar-refractivity contribution in [3.8, 4) is 0 Å². The van der Waals surface area contributed by atoms with Gasteiger partial charge in [-0.15, -0.1) is 0 Å². The molecule has 4 nitrogen and oxygen atoms in total. The second kappa shape index (κ2) is 5.52. The lowest BCUT2D eigenvalue weighted by atomic mass is 10.2. The summed E-state index contributed by atoms with van der Waals surface area (Å²) in [6.07, 6.45) is 0. The first-order valence-corrected chi connectivity index (χ1v) is 6.03. The van der Waals surface area contributed by atoms with Crippen LogP contribution in [0.5, 0.6) is 0 Å². The third kappa shape index (κ3) is 3.31. The van der Waals surface area contributed by atoms with Gasteiger partial charge in [0.1, 0.15) is 0 Å². The van der Waals surface area contributed by atoms with Crippen LogP contribution < -0.4 is 4.90 Å². The highest BCUT2D eigenvalue weighted by molar-refractivity contribution is 5.88. The Balaban J connectivity index is 2.18. The Morgan fingerprint density at radius 1 is 1.26 bits per heavy atom. The number of rotatable bonds is 4. The largest absolute Gasteiger partial charge is 0.478 e. The molecule has 2 rings (SSSR count). The number of pyridine rings is 1. The molecule has 1 aromatic carbocycles. The number of carbonyl (C=O) groups is 1. The molecule has 19 heavy (non-hydrogen) atoms. The van der Waals surface area contributed by atoms with E-state index < -0.39 is 5.97 Å². The molecule has 0 aliphatic heterocycles. The summed E-state index contributed by atoms with van der Waals surface area (Å²) in [6.45, 7) is 2.60. The standard InChI is InChI=1S/C15H16N2O2/c1-11-5-3-7-13(16-11)10-17(2)14-8-4-6-12(9-14)15(18)19/h3-9H,10H2,1-2H3,(H,18,19). The zero-order valence-electron chi connectivity index (χ0n) is 11.0. The molecule has 0 saturated carbocycles. The summed E-state index contributed by atoms with van der Waals surface area (Å²) in [5, 5.41) is 8.99. The molecular formula is C15H16N2O2. The zero-order chi connectivity index (χ0) is 13.8.